The molecule has 0 radical (unpaired) electrons. The molecule has 2 heterocycles. The first-order chi connectivity index (χ1) is 18.3. The molecule has 10 heteroatoms. The van der Waals surface area contributed by atoms with E-state index in [1.165, 1.54) is 6.07 Å². The Kier molecular flexibility index (Phi) is 6.03. The van der Waals surface area contributed by atoms with E-state index in [1.54, 1.807) is 39.8 Å². The third-order valence-electron chi connectivity index (χ3n) is 8.03. The zero-order valence-corrected chi connectivity index (χ0v) is 23.3. The lowest BCUT2D eigenvalue weighted by Crippen LogP contribution is -2.50. The van der Waals surface area contributed by atoms with Crippen LogP contribution in [0.1, 0.15) is 58.2 Å². The molecule has 40 heavy (non-hydrogen) atoms. The molecule has 7 nitrogen and oxygen atoms in total. The van der Waals surface area contributed by atoms with Gasteiger partial charge in [0.05, 0.1) is 29.4 Å². The monoisotopic (exact) mass is 556 g/mol. The van der Waals surface area contributed by atoms with Gasteiger partial charge in [-0.25, -0.2) is 4.90 Å². The number of hydrogen-bond acceptors (Lipinski definition) is 5. The van der Waals surface area contributed by atoms with E-state index in [0.717, 1.165) is 16.5 Å². The summed E-state index contributed by atoms with van der Waals surface area (Å²) in [5, 5.41) is 0. The Morgan fingerprint density at radius 2 is 1.20 bits per heavy atom. The number of rotatable bonds is 3. The van der Waals surface area contributed by atoms with E-state index >= 15 is 0 Å². The van der Waals surface area contributed by atoms with Crippen LogP contribution in [0.15, 0.2) is 36.4 Å². The van der Waals surface area contributed by atoms with Crippen molar-refractivity contribution in [1.82, 2.24) is 4.90 Å². The van der Waals surface area contributed by atoms with Gasteiger partial charge in [-0.3, -0.25) is 24.1 Å². The Morgan fingerprint density at radius 3 is 1.65 bits per heavy atom. The molecule has 1 saturated carbocycles. The van der Waals surface area contributed by atoms with Crippen molar-refractivity contribution < 1.29 is 37.1 Å². The molecular formula is C30H31F3N2O5. The number of likely N-dealkylation sites (tertiary alicyclic amines) is 1. The molecule has 0 spiro atoms. The smallest absolute Gasteiger partial charge is 0.420 e. The number of halogens is 3. The molecule has 3 fully saturated rings. The Balaban J connectivity index is 1.47. The number of fused-ring (bicyclic) bond motifs is 4. The van der Waals surface area contributed by atoms with Crippen LogP contribution in [0.5, 0.6) is 11.5 Å². The minimum Gasteiger partial charge on any atom is -0.456 e. The van der Waals surface area contributed by atoms with Crippen LogP contribution in [0.3, 0.4) is 0 Å². The molecule has 2 saturated heterocycles. The molecule has 5 rings (SSSR count). The number of hydrogen-bond donors (Lipinski definition) is 0. The molecule has 2 aromatic rings. The van der Waals surface area contributed by atoms with Crippen molar-refractivity contribution >= 4 is 29.3 Å². The van der Waals surface area contributed by atoms with Gasteiger partial charge in [0, 0.05) is 5.54 Å². The molecule has 2 aromatic carbocycles. The quantitative estimate of drug-likeness (QED) is 0.458. The second kappa shape index (κ2) is 8.65. The van der Waals surface area contributed by atoms with Crippen LogP contribution in [0, 0.1) is 30.6 Å². The number of imide groups is 2. The van der Waals surface area contributed by atoms with E-state index in [4.69, 9.17) is 4.74 Å². The van der Waals surface area contributed by atoms with Gasteiger partial charge >= 0.3 is 6.18 Å². The third kappa shape index (κ3) is 4.10. The van der Waals surface area contributed by atoms with E-state index in [-0.39, 0.29) is 16.9 Å². The summed E-state index contributed by atoms with van der Waals surface area (Å²) >= 11 is 0. The molecule has 1 aliphatic carbocycles. The number of aryl methyl sites for hydroxylation is 1. The highest BCUT2D eigenvalue weighted by atomic mass is 19.4. The summed E-state index contributed by atoms with van der Waals surface area (Å²) in [4.78, 5) is 54.5. The largest absolute Gasteiger partial charge is 0.456 e. The van der Waals surface area contributed by atoms with Gasteiger partial charge in [-0.15, -0.1) is 0 Å². The molecule has 4 unspecified atom stereocenters. The molecule has 3 aliphatic rings. The van der Waals surface area contributed by atoms with Crippen LogP contribution < -0.4 is 9.64 Å². The van der Waals surface area contributed by atoms with E-state index in [0.29, 0.717) is 16.5 Å². The topological polar surface area (TPSA) is 84.0 Å². The van der Waals surface area contributed by atoms with Crippen molar-refractivity contribution in [3.63, 3.8) is 0 Å². The van der Waals surface area contributed by atoms with Gasteiger partial charge in [-0.2, -0.15) is 13.2 Å². The first-order valence-electron chi connectivity index (χ1n) is 13.1. The van der Waals surface area contributed by atoms with E-state index < -0.39 is 70.3 Å². The number of nitrogens with zero attached hydrogens (tertiary/aromatic N) is 2. The maximum absolute atomic E-state index is 14.2. The number of amides is 4. The summed E-state index contributed by atoms with van der Waals surface area (Å²) in [6, 6.07) is 8.26. The predicted molar refractivity (Wildman–Crippen MR) is 139 cm³/mol. The summed E-state index contributed by atoms with van der Waals surface area (Å²) in [6.07, 6.45) is -4.86. The first kappa shape index (κ1) is 27.9. The van der Waals surface area contributed by atoms with Gasteiger partial charge in [-0.05, 0) is 68.5 Å². The summed E-state index contributed by atoms with van der Waals surface area (Å²) in [5.74, 6) is -6.96. The normalized spacial score (nSPS) is 24.9. The molecule has 0 bridgehead atoms. The average molecular weight is 557 g/mol. The summed E-state index contributed by atoms with van der Waals surface area (Å²) in [6.45, 7) is 12.9. The number of carbonyl (C=O) groups excluding carboxylic acids is 4. The molecule has 4 atom stereocenters. The fourth-order valence-corrected chi connectivity index (χ4v) is 6.02. The van der Waals surface area contributed by atoms with Crippen molar-refractivity contribution in [2.45, 2.75) is 65.6 Å². The van der Waals surface area contributed by atoms with Crippen molar-refractivity contribution in [2.24, 2.45) is 23.7 Å². The Hall–Kier alpha value is -3.69. The summed E-state index contributed by atoms with van der Waals surface area (Å²) in [7, 11) is 0. The molecule has 0 N–H and O–H groups in total. The van der Waals surface area contributed by atoms with Crippen molar-refractivity contribution in [3.05, 3.63) is 53.1 Å². The van der Waals surface area contributed by atoms with E-state index in [1.807, 2.05) is 26.8 Å². The van der Waals surface area contributed by atoms with Crippen molar-refractivity contribution in [3.8, 4) is 11.5 Å². The molecule has 0 aromatic heterocycles. The van der Waals surface area contributed by atoms with E-state index in [9.17, 15) is 32.3 Å². The highest BCUT2D eigenvalue weighted by Crippen LogP contribution is 2.58. The number of anilines is 1. The van der Waals surface area contributed by atoms with E-state index in [2.05, 4.69) is 0 Å². The minimum atomic E-state index is -4.86. The highest BCUT2D eigenvalue weighted by Gasteiger charge is 2.74. The maximum Gasteiger partial charge on any atom is 0.420 e. The number of benzene rings is 2. The standard InChI is InChI=1S/C30H31F3N2O5/c1-14-12-15(28(2,3)4)8-10-18(14)40-19-11-9-16(13-17(19)30(31,32)33)34-24(36)20-21(25(34)37)23-22(20)26(38)35(27(23)39)29(5,6)7/h8-13,20-23H,1-7H3. The highest BCUT2D eigenvalue weighted by molar-refractivity contribution is 6.27. The lowest BCUT2D eigenvalue weighted by molar-refractivity contribution is -0.146. The second-order valence-electron chi connectivity index (χ2n) is 12.8. The van der Waals surface area contributed by atoms with Gasteiger partial charge in [0.25, 0.3) is 0 Å². The Bertz CT molecular complexity index is 1430. The number of alkyl halides is 3. The third-order valence-corrected chi connectivity index (χ3v) is 8.03. The second-order valence-corrected chi connectivity index (χ2v) is 12.8. The molecular weight excluding hydrogens is 525 g/mol. The Labute approximate surface area is 230 Å². The van der Waals surface area contributed by atoms with Gasteiger partial charge in [-0.1, -0.05) is 32.9 Å². The fourth-order valence-electron chi connectivity index (χ4n) is 6.02. The van der Waals surface area contributed by atoms with Crippen LogP contribution in [0.4, 0.5) is 18.9 Å². The average Bonchev–Trinajstić information content (AvgIpc) is 3.11. The van der Waals surface area contributed by atoms with Gasteiger partial charge in [0.2, 0.25) is 23.6 Å². The lowest BCUT2D eigenvalue weighted by Gasteiger charge is -2.36. The van der Waals surface area contributed by atoms with Crippen molar-refractivity contribution in [1.29, 1.82) is 0 Å². The minimum absolute atomic E-state index is 0.158. The van der Waals surface area contributed by atoms with Crippen LogP contribution in [0.25, 0.3) is 0 Å². The zero-order chi connectivity index (χ0) is 29.7. The summed E-state index contributed by atoms with van der Waals surface area (Å²) < 4.78 is 48.2. The van der Waals surface area contributed by atoms with Crippen LogP contribution in [0.2, 0.25) is 0 Å². The molecule has 2 aliphatic heterocycles. The van der Waals surface area contributed by atoms with Gasteiger partial charge in [0.15, 0.2) is 0 Å². The Morgan fingerprint density at radius 1 is 0.700 bits per heavy atom. The maximum atomic E-state index is 14.2. The molecule has 4 amide bonds. The van der Waals surface area contributed by atoms with Gasteiger partial charge in [0.1, 0.15) is 17.1 Å². The van der Waals surface area contributed by atoms with Crippen molar-refractivity contribution in [2.75, 3.05) is 4.90 Å². The fraction of sp³-hybridized carbons (Fsp3) is 0.467. The lowest BCUT2D eigenvalue weighted by atomic mass is 9.59. The molecule has 212 valence electrons. The predicted octanol–water partition coefficient (Wildman–Crippen LogP) is 5.62. The zero-order valence-electron chi connectivity index (χ0n) is 23.3. The van der Waals surface area contributed by atoms with Crippen LogP contribution in [-0.4, -0.2) is 34.1 Å². The van der Waals surface area contributed by atoms with Gasteiger partial charge < -0.3 is 4.74 Å². The van der Waals surface area contributed by atoms with Crippen LogP contribution >= 0.6 is 0 Å². The first-order valence-corrected chi connectivity index (χ1v) is 13.1. The SMILES string of the molecule is Cc1cc(C(C)(C)C)ccc1Oc1ccc(N2C(=O)C3C(C2=O)C2C(=O)N(C(C)(C)C)C(=O)C32)cc1C(F)(F)F. The number of ether oxygens (including phenoxy) is 1. The van der Waals surface area contributed by atoms with Crippen LogP contribution in [-0.2, 0) is 30.8 Å². The number of carbonyl (C=O) groups is 4. The summed E-state index contributed by atoms with van der Waals surface area (Å²) in [5.41, 5.74) is -0.776.